The molecule has 19 heavy (non-hydrogen) atoms. The maximum absolute atomic E-state index is 12.4. The molecule has 102 valence electrons. The van der Waals surface area contributed by atoms with Gasteiger partial charge >= 0.3 is 0 Å². The van der Waals surface area contributed by atoms with Gasteiger partial charge in [0.2, 0.25) is 0 Å². The summed E-state index contributed by atoms with van der Waals surface area (Å²) < 4.78 is 5.26. The number of aromatic nitrogens is 2. The van der Waals surface area contributed by atoms with Gasteiger partial charge in [-0.3, -0.25) is 9.89 Å². The number of hydrogen-bond acceptors (Lipinski definition) is 4. The monoisotopic (exact) mass is 262 g/mol. The zero-order valence-electron chi connectivity index (χ0n) is 11.1. The number of hydrogen-bond donors (Lipinski definition) is 2. The van der Waals surface area contributed by atoms with Gasteiger partial charge < -0.3 is 15.1 Å². The first-order chi connectivity index (χ1) is 9.17. The number of nitrogens with zero attached hydrogens (tertiary/aromatic N) is 2. The van der Waals surface area contributed by atoms with Gasteiger partial charge in [-0.05, 0) is 25.5 Å². The smallest absolute Gasteiger partial charge is 0.276 e. The molecule has 0 atom stereocenters. The Labute approximate surface area is 111 Å². The Morgan fingerprint density at radius 2 is 2.32 bits per heavy atom. The highest BCUT2D eigenvalue weighted by Gasteiger charge is 2.22. The van der Waals surface area contributed by atoms with Crippen LogP contribution in [0.1, 0.15) is 35.8 Å². The molecule has 0 unspecified atom stereocenters. The van der Waals surface area contributed by atoms with Gasteiger partial charge in [-0.2, -0.15) is 5.10 Å². The third-order valence-corrected chi connectivity index (χ3v) is 3.03. The van der Waals surface area contributed by atoms with Crippen molar-refractivity contribution in [2.24, 2.45) is 0 Å². The van der Waals surface area contributed by atoms with Crippen LogP contribution < -0.4 is 5.73 Å². The maximum Gasteiger partial charge on any atom is 0.276 e. The average Bonchev–Trinajstić information content (AvgIpc) is 3.04. The van der Waals surface area contributed by atoms with Gasteiger partial charge in [0.25, 0.3) is 5.91 Å². The first-order valence-corrected chi connectivity index (χ1v) is 6.31. The Morgan fingerprint density at radius 1 is 1.53 bits per heavy atom. The summed E-state index contributed by atoms with van der Waals surface area (Å²) >= 11 is 0. The highest BCUT2D eigenvalue weighted by atomic mass is 16.3. The molecule has 0 aromatic carbocycles. The highest BCUT2D eigenvalue weighted by molar-refractivity contribution is 5.97. The van der Waals surface area contributed by atoms with Gasteiger partial charge in [-0.15, -0.1) is 0 Å². The molecule has 0 saturated carbocycles. The van der Waals surface area contributed by atoms with E-state index in [0.29, 0.717) is 18.8 Å². The molecule has 2 rings (SSSR count). The predicted molar refractivity (Wildman–Crippen MR) is 71.5 cm³/mol. The van der Waals surface area contributed by atoms with E-state index in [1.807, 2.05) is 19.9 Å². The SMILES string of the molecule is CCc1[nH]nc(C(=O)N(CC)Cc2ccco2)c1N. The lowest BCUT2D eigenvalue weighted by Crippen LogP contribution is -2.31. The van der Waals surface area contributed by atoms with Crippen molar-refractivity contribution in [2.75, 3.05) is 12.3 Å². The fourth-order valence-electron chi connectivity index (χ4n) is 1.89. The largest absolute Gasteiger partial charge is 0.467 e. The third-order valence-electron chi connectivity index (χ3n) is 3.03. The van der Waals surface area contributed by atoms with Crippen LogP contribution in [-0.4, -0.2) is 27.5 Å². The molecule has 3 N–H and O–H groups in total. The molecule has 2 aromatic heterocycles. The summed E-state index contributed by atoms with van der Waals surface area (Å²) in [5.41, 5.74) is 7.42. The first kappa shape index (κ1) is 13.2. The second-order valence-corrected chi connectivity index (χ2v) is 4.22. The highest BCUT2D eigenvalue weighted by Crippen LogP contribution is 2.17. The van der Waals surface area contributed by atoms with Crippen molar-refractivity contribution in [1.29, 1.82) is 0 Å². The molecule has 2 aromatic rings. The Balaban J connectivity index is 2.18. The van der Waals surface area contributed by atoms with E-state index in [1.54, 1.807) is 17.2 Å². The predicted octanol–water partition coefficient (Wildman–Crippen LogP) is 1.81. The quantitative estimate of drug-likeness (QED) is 0.860. The van der Waals surface area contributed by atoms with E-state index < -0.39 is 0 Å². The van der Waals surface area contributed by atoms with Crippen LogP contribution >= 0.6 is 0 Å². The van der Waals surface area contributed by atoms with Gasteiger partial charge in [0, 0.05) is 6.54 Å². The minimum absolute atomic E-state index is 0.188. The van der Waals surface area contributed by atoms with Crippen molar-refractivity contribution < 1.29 is 9.21 Å². The summed E-state index contributed by atoms with van der Waals surface area (Å²) in [6.07, 6.45) is 2.31. The minimum Gasteiger partial charge on any atom is -0.467 e. The van der Waals surface area contributed by atoms with Gasteiger partial charge in [-0.1, -0.05) is 6.92 Å². The van der Waals surface area contributed by atoms with Crippen LogP contribution in [0.15, 0.2) is 22.8 Å². The van der Waals surface area contributed by atoms with E-state index in [4.69, 9.17) is 10.2 Å². The fourth-order valence-corrected chi connectivity index (χ4v) is 1.89. The van der Waals surface area contributed by atoms with Gasteiger partial charge in [0.15, 0.2) is 5.69 Å². The van der Waals surface area contributed by atoms with E-state index in [2.05, 4.69) is 10.2 Å². The van der Waals surface area contributed by atoms with Crippen LogP contribution in [0.2, 0.25) is 0 Å². The van der Waals surface area contributed by atoms with Crippen LogP contribution in [-0.2, 0) is 13.0 Å². The molecule has 0 aliphatic rings. The number of amides is 1. The number of furan rings is 1. The molecule has 1 amide bonds. The lowest BCUT2D eigenvalue weighted by atomic mass is 10.2. The van der Waals surface area contributed by atoms with Crippen LogP contribution in [0.3, 0.4) is 0 Å². The van der Waals surface area contributed by atoms with Crippen molar-refractivity contribution in [3.63, 3.8) is 0 Å². The third kappa shape index (κ3) is 2.62. The number of nitrogens with two attached hydrogens (primary N) is 1. The number of nitrogens with one attached hydrogen (secondary N) is 1. The van der Waals surface area contributed by atoms with E-state index in [1.165, 1.54) is 0 Å². The number of carbonyl (C=O) groups excluding carboxylic acids is 1. The molecule has 2 heterocycles. The number of aryl methyl sites for hydroxylation is 1. The zero-order valence-corrected chi connectivity index (χ0v) is 11.1. The van der Waals surface area contributed by atoms with Crippen molar-refractivity contribution in [3.05, 3.63) is 35.5 Å². The van der Waals surface area contributed by atoms with Crippen LogP contribution in [0, 0.1) is 0 Å². The average molecular weight is 262 g/mol. The Hall–Kier alpha value is -2.24. The summed E-state index contributed by atoms with van der Waals surface area (Å²) in [7, 11) is 0. The number of anilines is 1. The van der Waals surface area contributed by atoms with E-state index in [0.717, 1.165) is 17.9 Å². The Morgan fingerprint density at radius 3 is 2.84 bits per heavy atom. The molecule has 6 heteroatoms. The number of aromatic amines is 1. The van der Waals surface area contributed by atoms with Gasteiger partial charge in [0.05, 0.1) is 24.2 Å². The second kappa shape index (κ2) is 5.60. The molecule has 6 nitrogen and oxygen atoms in total. The fraction of sp³-hybridized carbons (Fsp3) is 0.385. The molecule has 0 bridgehead atoms. The molecular weight excluding hydrogens is 244 g/mol. The lowest BCUT2D eigenvalue weighted by Gasteiger charge is -2.18. The summed E-state index contributed by atoms with van der Waals surface area (Å²) in [5.74, 6) is 0.548. The standard InChI is InChI=1S/C13H18N4O2/c1-3-10-11(14)12(16-15-10)13(18)17(4-2)8-9-6-5-7-19-9/h5-7H,3-4,8,14H2,1-2H3,(H,15,16). The summed E-state index contributed by atoms with van der Waals surface area (Å²) in [6.45, 7) is 4.84. The summed E-state index contributed by atoms with van der Waals surface area (Å²) in [5, 5.41) is 6.81. The number of nitrogen functional groups attached to an aromatic ring is 1. The molecule has 0 saturated heterocycles. The molecular formula is C13H18N4O2. The van der Waals surface area contributed by atoms with Crippen molar-refractivity contribution in [3.8, 4) is 0 Å². The van der Waals surface area contributed by atoms with Crippen molar-refractivity contribution in [2.45, 2.75) is 26.8 Å². The lowest BCUT2D eigenvalue weighted by molar-refractivity contribution is 0.0736. The Kier molecular flexibility index (Phi) is 3.89. The van der Waals surface area contributed by atoms with Crippen molar-refractivity contribution in [1.82, 2.24) is 15.1 Å². The van der Waals surface area contributed by atoms with Crippen LogP contribution in [0.25, 0.3) is 0 Å². The first-order valence-electron chi connectivity index (χ1n) is 6.31. The minimum atomic E-state index is -0.188. The summed E-state index contributed by atoms with van der Waals surface area (Å²) in [6, 6.07) is 3.63. The maximum atomic E-state index is 12.4. The topological polar surface area (TPSA) is 88.2 Å². The van der Waals surface area contributed by atoms with E-state index >= 15 is 0 Å². The van der Waals surface area contributed by atoms with Crippen LogP contribution in [0.4, 0.5) is 5.69 Å². The van der Waals surface area contributed by atoms with Crippen LogP contribution in [0.5, 0.6) is 0 Å². The number of H-pyrrole nitrogens is 1. The number of rotatable bonds is 5. The van der Waals surface area contributed by atoms with Gasteiger partial charge in [0.1, 0.15) is 5.76 Å². The zero-order chi connectivity index (χ0) is 13.8. The van der Waals surface area contributed by atoms with E-state index in [-0.39, 0.29) is 11.6 Å². The molecule has 0 spiro atoms. The second-order valence-electron chi connectivity index (χ2n) is 4.22. The van der Waals surface area contributed by atoms with Crippen molar-refractivity contribution >= 4 is 11.6 Å². The molecule has 0 aliphatic heterocycles. The molecule has 0 radical (unpaired) electrons. The molecule has 0 fully saturated rings. The number of carbonyl (C=O) groups is 1. The molecule has 0 aliphatic carbocycles. The van der Waals surface area contributed by atoms with Gasteiger partial charge in [-0.25, -0.2) is 0 Å². The Bertz CT molecular complexity index is 545. The summed E-state index contributed by atoms with van der Waals surface area (Å²) in [4.78, 5) is 14.0. The van der Waals surface area contributed by atoms with E-state index in [9.17, 15) is 4.79 Å². The normalized spacial score (nSPS) is 10.6.